The van der Waals surface area contributed by atoms with Gasteiger partial charge in [-0.3, -0.25) is 4.21 Å². The zero-order chi connectivity index (χ0) is 14.8. The number of sulfone groups is 1. The van der Waals surface area contributed by atoms with Gasteiger partial charge in [0.15, 0.2) is 9.84 Å². The first kappa shape index (κ1) is 15.6. The lowest BCUT2D eigenvalue weighted by Crippen LogP contribution is -2.47. The Morgan fingerprint density at radius 3 is 2.50 bits per heavy atom. The van der Waals surface area contributed by atoms with Crippen LogP contribution in [-0.2, 0) is 25.4 Å². The fourth-order valence-corrected chi connectivity index (χ4v) is 4.42. The minimum Gasteiger partial charge on any atom is -0.380 e. The van der Waals surface area contributed by atoms with Crippen LogP contribution in [0.2, 0.25) is 0 Å². The van der Waals surface area contributed by atoms with Gasteiger partial charge in [-0.1, -0.05) is 0 Å². The molecule has 1 heterocycles. The molecule has 112 valence electrons. The van der Waals surface area contributed by atoms with Crippen LogP contribution in [0, 0.1) is 0 Å². The van der Waals surface area contributed by atoms with Crippen molar-refractivity contribution in [2.24, 2.45) is 0 Å². The van der Waals surface area contributed by atoms with Gasteiger partial charge in [-0.2, -0.15) is 0 Å². The van der Waals surface area contributed by atoms with E-state index in [2.05, 4.69) is 5.32 Å². The predicted octanol–water partition coefficient (Wildman–Crippen LogP) is 0.575. The first-order valence-corrected chi connectivity index (χ1v) is 9.49. The smallest absolute Gasteiger partial charge is 0.175 e. The third-order valence-corrected chi connectivity index (χ3v) is 6.31. The van der Waals surface area contributed by atoms with Crippen molar-refractivity contribution in [3.63, 3.8) is 0 Å². The van der Waals surface area contributed by atoms with Crippen molar-refractivity contribution in [1.82, 2.24) is 5.32 Å². The summed E-state index contributed by atoms with van der Waals surface area (Å²) in [4.78, 5) is 0.872. The van der Waals surface area contributed by atoms with Crippen molar-refractivity contribution in [1.29, 1.82) is 0 Å². The molecule has 0 aliphatic carbocycles. The first-order chi connectivity index (χ1) is 9.43. The van der Waals surface area contributed by atoms with Crippen molar-refractivity contribution < 1.29 is 17.4 Å². The molecular weight excluding hydrogens is 298 g/mol. The van der Waals surface area contributed by atoms with Crippen LogP contribution in [0.4, 0.5) is 0 Å². The maximum absolute atomic E-state index is 12.6. The van der Waals surface area contributed by atoms with Crippen molar-refractivity contribution in [3.05, 3.63) is 24.3 Å². The minimum absolute atomic E-state index is 0.113. The number of hydrogen-bond donors (Lipinski definition) is 1. The minimum atomic E-state index is -3.22. The lowest BCUT2D eigenvalue weighted by Gasteiger charge is -2.30. The second-order valence-electron chi connectivity index (χ2n) is 4.84. The number of rotatable bonds is 4. The summed E-state index contributed by atoms with van der Waals surface area (Å²) in [7, 11) is -2.58. The first-order valence-electron chi connectivity index (χ1n) is 6.39. The predicted molar refractivity (Wildman–Crippen MR) is 78.0 cm³/mol. The summed E-state index contributed by atoms with van der Waals surface area (Å²) < 4.78 is 40.8. The maximum atomic E-state index is 12.6. The average molecular weight is 317 g/mol. The van der Waals surface area contributed by atoms with Gasteiger partial charge < -0.3 is 10.1 Å². The second-order valence-corrected chi connectivity index (χ2v) is 8.53. The molecule has 2 rings (SSSR count). The Labute approximate surface area is 122 Å². The van der Waals surface area contributed by atoms with E-state index in [1.807, 2.05) is 7.05 Å². The van der Waals surface area contributed by atoms with Gasteiger partial charge in [0.05, 0.1) is 27.6 Å². The maximum Gasteiger partial charge on any atom is 0.175 e. The SMILES string of the molecule is CNC1CCOCC1S(=O)c1ccc(S(C)(=O)=O)cc1. The Morgan fingerprint density at radius 2 is 1.95 bits per heavy atom. The molecule has 0 aromatic heterocycles. The van der Waals surface area contributed by atoms with Crippen LogP contribution < -0.4 is 5.32 Å². The molecule has 1 fully saturated rings. The van der Waals surface area contributed by atoms with Crippen LogP contribution >= 0.6 is 0 Å². The highest BCUT2D eigenvalue weighted by atomic mass is 32.2. The van der Waals surface area contributed by atoms with Gasteiger partial charge in [0.25, 0.3) is 0 Å². The van der Waals surface area contributed by atoms with E-state index in [0.717, 1.165) is 12.7 Å². The third kappa shape index (κ3) is 3.46. The normalized spacial score (nSPS) is 25.3. The highest BCUT2D eigenvalue weighted by Crippen LogP contribution is 2.21. The molecular formula is C13H19NO4S2. The largest absolute Gasteiger partial charge is 0.380 e. The standard InChI is InChI=1S/C13H19NO4S2/c1-14-12-7-8-18-9-13(12)19(15)10-3-5-11(6-4-10)20(2,16)17/h3-6,12-14H,7-9H2,1-2H3. The highest BCUT2D eigenvalue weighted by Gasteiger charge is 2.30. The van der Waals surface area contributed by atoms with Crippen LogP contribution in [0.1, 0.15) is 6.42 Å². The molecule has 1 aromatic carbocycles. The Kier molecular flexibility index (Phi) is 4.95. The Hall–Kier alpha value is -0.760. The van der Waals surface area contributed by atoms with Crippen molar-refractivity contribution >= 4 is 20.6 Å². The van der Waals surface area contributed by atoms with E-state index >= 15 is 0 Å². The monoisotopic (exact) mass is 317 g/mol. The number of ether oxygens (including phenoxy) is 1. The van der Waals surface area contributed by atoms with Crippen LogP contribution in [0.5, 0.6) is 0 Å². The molecule has 1 N–H and O–H groups in total. The van der Waals surface area contributed by atoms with E-state index < -0.39 is 20.6 Å². The summed E-state index contributed by atoms with van der Waals surface area (Å²) in [5.41, 5.74) is 0. The van der Waals surface area contributed by atoms with Crippen molar-refractivity contribution in [2.45, 2.75) is 27.5 Å². The fourth-order valence-electron chi connectivity index (χ4n) is 2.25. The summed E-state index contributed by atoms with van der Waals surface area (Å²) in [6, 6.07) is 6.39. The van der Waals surface area contributed by atoms with Crippen LogP contribution in [0.25, 0.3) is 0 Å². The zero-order valence-corrected chi connectivity index (χ0v) is 13.2. The van der Waals surface area contributed by atoms with Gasteiger partial charge in [-0.25, -0.2) is 8.42 Å². The molecule has 5 nitrogen and oxygen atoms in total. The van der Waals surface area contributed by atoms with Gasteiger partial charge in [0.2, 0.25) is 0 Å². The topological polar surface area (TPSA) is 72.5 Å². The Morgan fingerprint density at radius 1 is 1.30 bits per heavy atom. The molecule has 0 bridgehead atoms. The average Bonchev–Trinajstić information content (AvgIpc) is 2.45. The lowest BCUT2D eigenvalue weighted by molar-refractivity contribution is 0.0838. The Bertz CT molecular complexity index is 583. The highest BCUT2D eigenvalue weighted by molar-refractivity contribution is 7.90. The van der Waals surface area contributed by atoms with Gasteiger partial charge in [0, 0.05) is 23.8 Å². The molecule has 3 unspecified atom stereocenters. The summed E-state index contributed by atoms with van der Waals surface area (Å²) in [6.07, 6.45) is 1.99. The number of hydrogen-bond acceptors (Lipinski definition) is 5. The molecule has 3 atom stereocenters. The van der Waals surface area contributed by atoms with E-state index in [-0.39, 0.29) is 16.2 Å². The Balaban J connectivity index is 2.20. The van der Waals surface area contributed by atoms with E-state index in [1.165, 1.54) is 12.1 Å². The quantitative estimate of drug-likeness (QED) is 0.879. The van der Waals surface area contributed by atoms with E-state index in [0.29, 0.717) is 18.1 Å². The molecule has 1 aliphatic heterocycles. The van der Waals surface area contributed by atoms with Crippen LogP contribution in [0.15, 0.2) is 34.1 Å². The lowest BCUT2D eigenvalue weighted by atomic mass is 10.1. The molecule has 0 saturated carbocycles. The molecule has 0 spiro atoms. The van der Waals surface area contributed by atoms with E-state index in [1.54, 1.807) is 12.1 Å². The summed E-state index contributed by atoms with van der Waals surface area (Å²) in [5, 5.41) is 3.06. The number of benzene rings is 1. The fraction of sp³-hybridized carbons (Fsp3) is 0.538. The van der Waals surface area contributed by atoms with Gasteiger partial charge in [0.1, 0.15) is 0 Å². The van der Waals surface area contributed by atoms with Crippen molar-refractivity contribution in [2.75, 3.05) is 26.5 Å². The molecule has 7 heteroatoms. The molecule has 0 radical (unpaired) electrons. The molecule has 1 saturated heterocycles. The summed E-state index contributed by atoms with van der Waals surface area (Å²) in [6.45, 7) is 1.12. The summed E-state index contributed by atoms with van der Waals surface area (Å²) >= 11 is 0. The second kappa shape index (κ2) is 6.34. The van der Waals surface area contributed by atoms with Crippen molar-refractivity contribution in [3.8, 4) is 0 Å². The summed E-state index contributed by atoms with van der Waals surface area (Å²) in [5.74, 6) is 0. The van der Waals surface area contributed by atoms with Gasteiger partial charge in [-0.05, 0) is 37.7 Å². The molecule has 1 aromatic rings. The molecule has 0 amide bonds. The number of nitrogens with one attached hydrogen (secondary N) is 1. The van der Waals surface area contributed by atoms with Crippen LogP contribution in [0.3, 0.4) is 0 Å². The van der Waals surface area contributed by atoms with E-state index in [4.69, 9.17) is 4.74 Å². The molecule has 20 heavy (non-hydrogen) atoms. The van der Waals surface area contributed by atoms with Gasteiger partial charge in [-0.15, -0.1) is 0 Å². The van der Waals surface area contributed by atoms with E-state index in [9.17, 15) is 12.6 Å². The third-order valence-electron chi connectivity index (χ3n) is 3.43. The zero-order valence-electron chi connectivity index (χ0n) is 11.5. The van der Waals surface area contributed by atoms with Gasteiger partial charge >= 0.3 is 0 Å². The van der Waals surface area contributed by atoms with Crippen LogP contribution in [-0.4, -0.2) is 50.4 Å². The molecule has 1 aliphatic rings.